The van der Waals surface area contributed by atoms with E-state index in [0.29, 0.717) is 13.0 Å². The highest BCUT2D eigenvalue weighted by Crippen LogP contribution is 2.34. The fourth-order valence-corrected chi connectivity index (χ4v) is 3.98. The summed E-state index contributed by atoms with van der Waals surface area (Å²) in [6.45, 7) is 2.29. The average molecular weight is 299 g/mol. The van der Waals surface area contributed by atoms with E-state index in [1.807, 2.05) is 6.92 Å². The van der Waals surface area contributed by atoms with E-state index >= 15 is 0 Å². The Labute approximate surface area is 117 Å². The molecule has 1 saturated carbocycles. The van der Waals surface area contributed by atoms with Crippen LogP contribution in [0.25, 0.3) is 0 Å². The zero-order valence-electron chi connectivity index (χ0n) is 11.2. The SMILES string of the molecule is CCCN(C1CC1)S(=O)(=O)c1cc([N+](=O)[O-])ccc1N. The van der Waals surface area contributed by atoms with Crippen LogP contribution in [0.1, 0.15) is 26.2 Å². The maximum atomic E-state index is 12.6. The lowest BCUT2D eigenvalue weighted by Gasteiger charge is -2.21. The molecule has 1 aromatic rings. The first-order chi connectivity index (χ1) is 9.37. The molecular formula is C12H17N3O4S. The number of benzene rings is 1. The van der Waals surface area contributed by atoms with Gasteiger partial charge in [0.15, 0.2) is 0 Å². The molecule has 1 fully saturated rings. The monoisotopic (exact) mass is 299 g/mol. The number of nitrogens with zero attached hydrogens (tertiary/aromatic N) is 2. The highest BCUT2D eigenvalue weighted by Gasteiger charge is 2.38. The van der Waals surface area contributed by atoms with Crippen LogP contribution in [0.15, 0.2) is 23.1 Å². The molecule has 0 spiro atoms. The van der Waals surface area contributed by atoms with Crippen LogP contribution in [-0.4, -0.2) is 30.2 Å². The van der Waals surface area contributed by atoms with Crippen molar-refractivity contribution in [3.8, 4) is 0 Å². The number of rotatable bonds is 6. The fourth-order valence-electron chi connectivity index (χ4n) is 2.07. The summed E-state index contributed by atoms with van der Waals surface area (Å²) < 4.78 is 26.7. The van der Waals surface area contributed by atoms with Gasteiger partial charge in [0.2, 0.25) is 10.0 Å². The van der Waals surface area contributed by atoms with Gasteiger partial charge in [0, 0.05) is 24.7 Å². The normalized spacial score (nSPS) is 15.5. The van der Waals surface area contributed by atoms with Crippen molar-refractivity contribution >= 4 is 21.4 Å². The average Bonchev–Trinajstić information content (AvgIpc) is 3.19. The van der Waals surface area contributed by atoms with Gasteiger partial charge in [0.1, 0.15) is 4.90 Å². The lowest BCUT2D eigenvalue weighted by Crippen LogP contribution is -2.34. The summed E-state index contributed by atoms with van der Waals surface area (Å²) in [4.78, 5) is 9.99. The second-order valence-corrected chi connectivity index (χ2v) is 6.69. The molecule has 0 atom stereocenters. The van der Waals surface area contributed by atoms with Crippen molar-refractivity contribution in [1.29, 1.82) is 0 Å². The molecule has 0 unspecified atom stereocenters. The second-order valence-electron chi connectivity index (χ2n) is 4.83. The van der Waals surface area contributed by atoms with Crippen molar-refractivity contribution in [3.63, 3.8) is 0 Å². The second kappa shape index (κ2) is 5.37. The van der Waals surface area contributed by atoms with Crippen LogP contribution in [0.5, 0.6) is 0 Å². The first kappa shape index (κ1) is 14.7. The number of hydrogen-bond donors (Lipinski definition) is 1. The minimum Gasteiger partial charge on any atom is -0.398 e. The van der Waals surface area contributed by atoms with Gasteiger partial charge in [-0.05, 0) is 25.3 Å². The topological polar surface area (TPSA) is 107 Å². The third-order valence-electron chi connectivity index (χ3n) is 3.19. The summed E-state index contributed by atoms with van der Waals surface area (Å²) in [6, 6.07) is 3.51. The van der Waals surface area contributed by atoms with E-state index in [4.69, 9.17) is 5.73 Å². The Bertz CT molecular complexity index is 626. The maximum absolute atomic E-state index is 12.6. The van der Waals surface area contributed by atoms with Gasteiger partial charge in [-0.25, -0.2) is 8.42 Å². The van der Waals surface area contributed by atoms with Crippen molar-refractivity contribution in [2.24, 2.45) is 0 Å². The van der Waals surface area contributed by atoms with E-state index < -0.39 is 14.9 Å². The van der Waals surface area contributed by atoms with Crippen LogP contribution in [0, 0.1) is 10.1 Å². The standard InChI is InChI=1S/C12H17N3O4S/c1-2-7-14(9-3-4-9)20(18,19)12-8-10(15(16)17)5-6-11(12)13/h5-6,8-9H,2-4,7,13H2,1H3. The molecule has 1 aliphatic carbocycles. The quantitative estimate of drug-likeness (QED) is 0.489. The molecule has 0 aromatic heterocycles. The Kier molecular flexibility index (Phi) is 3.96. The predicted molar refractivity (Wildman–Crippen MR) is 74.7 cm³/mol. The Hall–Kier alpha value is -1.67. The number of sulfonamides is 1. The number of non-ortho nitro benzene ring substituents is 1. The molecule has 0 amide bonds. The van der Waals surface area contributed by atoms with E-state index in [1.165, 1.54) is 16.4 Å². The number of nitrogen functional groups attached to an aromatic ring is 1. The van der Waals surface area contributed by atoms with Gasteiger partial charge in [-0.1, -0.05) is 6.92 Å². The lowest BCUT2D eigenvalue weighted by atomic mass is 10.3. The van der Waals surface area contributed by atoms with E-state index in [1.54, 1.807) is 0 Å². The number of nitro benzene ring substituents is 1. The van der Waals surface area contributed by atoms with Crippen LogP contribution in [-0.2, 0) is 10.0 Å². The van der Waals surface area contributed by atoms with Crippen molar-refractivity contribution in [2.45, 2.75) is 37.1 Å². The van der Waals surface area contributed by atoms with Crippen LogP contribution < -0.4 is 5.73 Å². The Morgan fingerprint density at radius 3 is 2.60 bits per heavy atom. The molecule has 110 valence electrons. The van der Waals surface area contributed by atoms with Crippen LogP contribution >= 0.6 is 0 Å². The molecule has 2 rings (SSSR count). The van der Waals surface area contributed by atoms with Gasteiger partial charge < -0.3 is 5.73 Å². The van der Waals surface area contributed by atoms with Gasteiger partial charge in [-0.2, -0.15) is 4.31 Å². The zero-order valence-corrected chi connectivity index (χ0v) is 12.0. The molecule has 0 aliphatic heterocycles. The summed E-state index contributed by atoms with van der Waals surface area (Å²) >= 11 is 0. The third kappa shape index (κ3) is 2.75. The van der Waals surface area contributed by atoms with Gasteiger partial charge >= 0.3 is 0 Å². The molecule has 2 N–H and O–H groups in total. The van der Waals surface area contributed by atoms with Gasteiger partial charge in [-0.3, -0.25) is 10.1 Å². The summed E-state index contributed by atoms with van der Waals surface area (Å²) in [5.74, 6) is 0. The summed E-state index contributed by atoms with van der Waals surface area (Å²) in [6.07, 6.45) is 2.34. The molecule has 8 heteroatoms. The molecule has 0 radical (unpaired) electrons. The molecule has 0 saturated heterocycles. The highest BCUT2D eigenvalue weighted by atomic mass is 32.2. The largest absolute Gasteiger partial charge is 0.398 e. The molecule has 20 heavy (non-hydrogen) atoms. The fraction of sp³-hybridized carbons (Fsp3) is 0.500. The Morgan fingerprint density at radius 1 is 1.45 bits per heavy atom. The van der Waals surface area contributed by atoms with E-state index in [-0.39, 0.29) is 22.3 Å². The van der Waals surface area contributed by atoms with Crippen LogP contribution in [0.3, 0.4) is 0 Å². The van der Waals surface area contributed by atoms with Crippen molar-refractivity contribution in [3.05, 3.63) is 28.3 Å². The molecular weight excluding hydrogens is 282 g/mol. The first-order valence-corrected chi connectivity index (χ1v) is 7.87. The minimum absolute atomic E-state index is 0.00128. The Morgan fingerprint density at radius 2 is 2.10 bits per heavy atom. The van der Waals surface area contributed by atoms with Crippen LogP contribution in [0.2, 0.25) is 0 Å². The molecule has 1 aliphatic rings. The molecule has 0 bridgehead atoms. The summed E-state index contributed by atoms with van der Waals surface area (Å²) in [5, 5.41) is 10.8. The van der Waals surface area contributed by atoms with Crippen molar-refractivity contribution in [2.75, 3.05) is 12.3 Å². The Balaban J connectivity index is 2.47. The third-order valence-corrected chi connectivity index (χ3v) is 5.20. The van der Waals surface area contributed by atoms with E-state index in [0.717, 1.165) is 18.9 Å². The highest BCUT2D eigenvalue weighted by molar-refractivity contribution is 7.89. The summed E-state index contributed by atoms with van der Waals surface area (Å²) in [5.41, 5.74) is 5.47. The van der Waals surface area contributed by atoms with E-state index in [2.05, 4.69) is 0 Å². The number of hydrogen-bond acceptors (Lipinski definition) is 5. The molecule has 1 aromatic carbocycles. The number of nitro groups is 1. The number of anilines is 1. The van der Waals surface area contributed by atoms with Gasteiger partial charge in [0.25, 0.3) is 5.69 Å². The van der Waals surface area contributed by atoms with Gasteiger partial charge in [-0.15, -0.1) is 0 Å². The van der Waals surface area contributed by atoms with E-state index in [9.17, 15) is 18.5 Å². The van der Waals surface area contributed by atoms with Crippen molar-refractivity contribution in [1.82, 2.24) is 4.31 Å². The van der Waals surface area contributed by atoms with Crippen molar-refractivity contribution < 1.29 is 13.3 Å². The predicted octanol–water partition coefficient (Wildman–Crippen LogP) is 1.74. The molecule has 0 heterocycles. The number of nitrogens with two attached hydrogens (primary N) is 1. The molecule has 7 nitrogen and oxygen atoms in total. The minimum atomic E-state index is -3.78. The van der Waals surface area contributed by atoms with Gasteiger partial charge in [0.05, 0.1) is 10.6 Å². The lowest BCUT2D eigenvalue weighted by molar-refractivity contribution is -0.385. The summed E-state index contributed by atoms with van der Waals surface area (Å²) in [7, 11) is -3.78. The first-order valence-electron chi connectivity index (χ1n) is 6.43. The van der Waals surface area contributed by atoms with Crippen LogP contribution in [0.4, 0.5) is 11.4 Å². The maximum Gasteiger partial charge on any atom is 0.270 e. The smallest absolute Gasteiger partial charge is 0.270 e. The zero-order chi connectivity index (χ0) is 14.9.